The van der Waals surface area contributed by atoms with Crippen molar-refractivity contribution in [1.29, 1.82) is 10.5 Å². The van der Waals surface area contributed by atoms with Gasteiger partial charge in [-0.3, -0.25) is 9.13 Å². The summed E-state index contributed by atoms with van der Waals surface area (Å²) in [5.74, 6) is 1.59. The Morgan fingerprint density at radius 3 is 1.79 bits per heavy atom. The van der Waals surface area contributed by atoms with Gasteiger partial charge in [0, 0.05) is 41.7 Å². The Labute approximate surface area is 249 Å². The lowest BCUT2D eigenvalue weighted by atomic mass is 10.1. The Morgan fingerprint density at radius 2 is 1.09 bits per heavy atom. The van der Waals surface area contributed by atoms with Crippen molar-refractivity contribution < 1.29 is 0 Å². The van der Waals surface area contributed by atoms with E-state index in [9.17, 15) is 10.5 Å². The van der Waals surface area contributed by atoms with Crippen LogP contribution in [0.15, 0.2) is 115 Å². The average Bonchev–Trinajstić information content (AvgIpc) is 3.71. The average molecular weight is 566 g/mol. The van der Waals surface area contributed by atoms with Crippen LogP contribution < -0.4 is 0 Å². The van der Waals surface area contributed by atoms with Crippen LogP contribution in [0, 0.1) is 22.7 Å². The van der Waals surface area contributed by atoms with Crippen LogP contribution in [0.2, 0.25) is 0 Å². The second-order valence-electron chi connectivity index (χ2n) is 10.7. The molecule has 5 nitrogen and oxygen atoms in total. The third kappa shape index (κ3) is 3.27. The van der Waals surface area contributed by atoms with E-state index in [1.807, 2.05) is 59.9 Å². The Balaban J connectivity index is 1.35. The van der Waals surface area contributed by atoms with Gasteiger partial charge in [0.25, 0.3) is 0 Å². The highest BCUT2D eigenvalue weighted by atomic mass is 32.1. The van der Waals surface area contributed by atoms with E-state index in [1.54, 1.807) is 0 Å². The van der Waals surface area contributed by atoms with Crippen LogP contribution in [0.4, 0.5) is 0 Å². The second-order valence-corrected chi connectivity index (χ2v) is 11.7. The van der Waals surface area contributed by atoms with Gasteiger partial charge in [0.2, 0.25) is 0 Å². The zero-order valence-electron chi connectivity index (χ0n) is 22.6. The Kier molecular flexibility index (Phi) is 4.84. The summed E-state index contributed by atoms with van der Waals surface area (Å²) in [6.45, 7) is 0. The molecule has 43 heavy (non-hydrogen) atoms. The van der Waals surface area contributed by atoms with Gasteiger partial charge in [-0.05, 0) is 66.7 Å². The number of nitrogens with zero attached hydrogens (tertiary/aromatic N) is 5. The smallest absolute Gasteiger partial charge is 0.140 e. The maximum atomic E-state index is 9.59. The van der Waals surface area contributed by atoms with Crippen LogP contribution in [-0.2, 0) is 0 Å². The lowest BCUT2D eigenvalue weighted by Crippen LogP contribution is -2.03. The lowest BCUT2D eigenvalue weighted by molar-refractivity contribution is 1.01. The number of rotatable bonds is 2. The lowest BCUT2D eigenvalue weighted by Gasteiger charge is -2.11. The molecule has 5 aromatic carbocycles. The normalized spacial score (nSPS) is 11.7. The molecule has 0 fully saturated rings. The Hall–Kier alpha value is -5.95. The van der Waals surface area contributed by atoms with Crippen molar-refractivity contribution in [3.8, 4) is 23.8 Å². The topological polar surface area (TPSA) is 70.3 Å². The molecular weight excluding hydrogens is 547 g/mol. The molecule has 0 spiro atoms. The predicted molar refractivity (Wildman–Crippen MR) is 175 cm³/mol. The van der Waals surface area contributed by atoms with Gasteiger partial charge in [0.15, 0.2) is 0 Å². The molecule has 0 atom stereocenters. The number of benzene rings is 5. The maximum absolute atomic E-state index is 9.59. The Bertz CT molecular complexity index is 2640. The molecule has 0 aliphatic rings. The van der Waals surface area contributed by atoms with Gasteiger partial charge < -0.3 is 0 Å². The summed E-state index contributed by atoms with van der Waals surface area (Å²) in [6.07, 6.45) is 0. The van der Waals surface area contributed by atoms with Crippen molar-refractivity contribution in [1.82, 2.24) is 14.1 Å². The molecular formula is C37H19N5S. The van der Waals surface area contributed by atoms with E-state index in [1.165, 1.54) is 30.9 Å². The third-order valence-electron chi connectivity index (χ3n) is 8.38. The molecule has 0 bridgehead atoms. The van der Waals surface area contributed by atoms with Crippen LogP contribution >= 0.6 is 11.3 Å². The first-order valence-electron chi connectivity index (χ1n) is 13.9. The van der Waals surface area contributed by atoms with Gasteiger partial charge >= 0.3 is 0 Å². The van der Waals surface area contributed by atoms with Gasteiger partial charge in [-0.15, -0.1) is 11.3 Å². The van der Waals surface area contributed by atoms with E-state index in [2.05, 4.69) is 88.0 Å². The van der Waals surface area contributed by atoms with Crippen LogP contribution in [0.5, 0.6) is 0 Å². The minimum atomic E-state index is 0.577. The van der Waals surface area contributed by atoms with E-state index < -0.39 is 0 Å². The minimum Gasteiger partial charge on any atom is -0.294 e. The summed E-state index contributed by atoms with van der Waals surface area (Å²) in [6, 6.07) is 43.6. The summed E-state index contributed by atoms with van der Waals surface area (Å²) < 4.78 is 6.95. The molecule has 198 valence electrons. The van der Waals surface area contributed by atoms with Gasteiger partial charge in [0.1, 0.15) is 11.6 Å². The fraction of sp³-hybridized carbons (Fsp3) is 0. The molecule has 0 radical (unpaired) electrons. The van der Waals surface area contributed by atoms with E-state index >= 15 is 0 Å². The van der Waals surface area contributed by atoms with Crippen molar-refractivity contribution >= 4 is 75.1 Å². The number of thiophene rings is 1. The zero-order chi connectivity index (χ0) is 28.7. The van der Waals surface area contributed by atoms with E-state index in [-0.39, 0.29) is 0 Å². The van der Waals surface area contributed by atoms with Crippen LogP contribution in [0.25, 0.3) is 75.4 Å². The molecule has 0 unspecified atom stereocenters. The van der Waals surface area contributed by atoms with E-state index in [0.29, 0.717) is 11.1 Å². The first-order valence-corrected chi connectivity index (χ1v) is 14.7. The number of aromatic nitrogens is 3. The predicted octanol–water partition coefficient (Wildman–Crippen LogP) is 9.39. The van der Waals surface area contributed by atoms with Crippen molar-refractivity contribution in [3.05, 3.63) is 126 Å². The van der Waals surface area contributed by atoms with Crippen LogP contribution in [0.3, 0.4) is 0 Å². The second kappa shape index (κ2) is 8.77. The molecule has 6 heteroatoms. The third-order valence-corrected chi connectivity index (χ3v) is 9.59. The number of hydrogen-bond donors (Lipinski definition) is 0. The highest BCUT2D eigenvalue weighted by molar-refractivity contribution is 7.26. The number of pyridine rings is 1. The number of hydrogen-bond acceptors (Lipinski definition) is 4. The molecule has 9 rings (SSSR count). The molecule has 4 aromatic heterocycles. The fourth-order valence-electron chi connectivity index (χ4n) is 6.55. The van der Waals surface area contributed by atoms with Gasteiger partial charge in [-0.25, -0.2) is 4.98 Å². The highest BCUT2D eigenvalue weighted by Gasteiger charge is 2.19. The van der Waals surface area contributed by atoms with Crippen LogP contribution in [0.1, 0.15) is 11.1 Å². The summed E-state index contributed by atoms with van der Waals surface area (Å²) in [5.41, 5.74) is 5.24. The van der Waals surface area contributed by atoms with Crippen molar-refractivity contribution in [3.63, 3.8) is 0 Å². The van der Waals surface area contributed by atoms with Gasteiger partial charge in [-0.2, -0.15) is 10.5 Å². The molecule has 0 amide bonds. The molecule has 0 saturated carbocycles. The minimum absolute atomic E-state index is 0.577. The SMILES string of the molecule is N#Cc1ccc2c(c1)c1cc(C#N)ccc1n2-c1cccc(-n2c3ccccc3c3c4sc5ccccc5c4ccc32)n1. The summed E-state index contributed by atoms with van der Waals surface area (Å²) in [7, 11) is 0. The van der Waals surface area contributed by atoms with E-state index in [4.69, 9.17) is 4.98 Å². The van der Waals surface area contributed by atoms with Gasteiger partial charge in [-0.1, -0.05) is 48.5 Å². The van der Waals surface area contributed by atoms with Crippen LogP contribution in [-0.4, -0.2) is 14.1 Å². The largest absolute Gasteiger partial charge is 0.294 e. The molecule has 0 saturated heterocycles. The van der Waals surface area contributed by atoms with Crippen molar-refractivity contribution in [2.45, 2.75) is 0 Å². The Morgan fingerprint density at radius 1 is 0.512 bits per heavy atom. The molecule has 4 heterocycles. The summed E-state index contributed by atoms with van der Waals surface area (Å²) in [4.78, 5) is 5.27. The molecule has 0 aliphatic carbocycles. The summed E-state index contributed by atoms with van der Waals surface area (Å²) in [5, 5.41) is 26.0. The zero-order valence-corrected chi connectivity index (χ0v) is 23.4. The summed E-state index contributed by atoms with van der Waals surface area (Å²) >= 11 is 1.84. The first kappa shape index (κ1) is 23.7. The number of nitriles is 2. The number of fused-ring (bicyclic) bond motifs is 10. The van der Waals surface area contributed by atoms with Crippen molar-refractivity contribution in [2.75, 3.05) is 0 Å². The highest BCUT2D eigenvalue weighted by Crippen LogP contribution is 2.43. The molecule has 0 aliphatic heterocycles. The molecule has 0 N–H and O–H groups in total. The fourth-order valence-corrected chi connectivity index (χ4v) is 7.81. The standard InChI is InChI=1S/C37H19N5S/c38-20-22-12-15-30-27(18-22)28-19-23(21-39)13-16-31(28)41(30)34-10-5-11-35(40-34)42-29-8-3-1-7-26(29)36-32(42)17-14-25-24-6-2-4-9-33(24)43-37(25)36/h1-19H. The van der Waals surface area contributed by atoms with E-state index in [0.717, 1.165) is 44.5 Å². The quantitative estimate of drug-likeness (QED) is 0.210. The maximum Gasteiger partial charge on any atom is 0.140 e. The monoisotopic (exact) mass is 565 g/mol. The molecule has 9 aromatic rings. The van der Waals surface area contributed by atoms with Gasteiger partial charge in [0.05, 0.1) is 45.3 Å². The van der Waals surface area contributed by atoms with Crippen molar-refractivity contribution in [2.24, 2.45) is 0 Å². The first-order chi connectivity index (χ1) is 21.2. The number of para-hydroxylation sites is 1.